The van der Waals surface area contributed by atoms with Crippen LogP contribution in [0.4, 0.5) is 10.5 Å². The minimum Gasteiger partial charge on any atom is -0.495 e. The lowest BCUT2D eigenvalue weighted by Gasteiger charge is -2.34. The second-order valence-electron chi connectivity index (χ2n) is 8.59. The average Bonchev–Trinajstić information content (AvgIpc) is 3.30. The van der Waals surface area contributed by atoms with E-state index in [1.54, 1.807) is 24.1 Å². The topological polar surface area (TPSA) is 92.1 Å². The van der Waals surface area contributed by atoms with E-state index in [9.17, 15) is 9.59 Å². The Hall–Kier alpha value is -3.47. The number of amides is 2. The van der Waals surface area contributed by atoms with Crippen molar-refractivity contribution in [3.05, 3.63) is 75.2 Å². The smallest absolute Gasteiger partial charge is 0.322 e. The Bertz CT molecular complexity index is 1460. The number of urea groups is 1. The lowest BCUT2D eigenvalue weighted by atomic mass is 10.2. The molecule has 9 nitrogen and oxygen atoms in total. The molecule has 2 aromatic carbocycles. The lowest BCUT2D eigenvalue weighted by Crippen LogP contribution is -2.49. The second kappa shape index (κ2) is 10.3. The molecule has 0 unspecified atom stereocenters. The Labute approximate surface area is 216 Å². The standard InChI is InChI=1S/C25H25ClN6O3S/c1-16-3-8-21(35-2)20(13-16)28-24(34)31-11-9-30(10-12-31)15-19-14-22(33)32-25(27-19)36-23(29-32)17-4-6-18(26)7-5-17/h3-8,13-14H,9-12,15H2,1-2H3,(H,28,34). The van der Waals surface area contributed by atoms with Crippen molar-refractivity contribution in [1.29, 1.82) is 0 Å². The molecule has 11 heteroatoms. The van der Waals surface area contributed by atoms with Crippen LogP contribution in [0.5, 0.6) is 5.75 Å². The molecular weight excluding hydrogens is 500 g/mol. The van der Waals surface area contributed by atoms with Gasteiger partial charge in [-0.1, -0.05) is 41.1 Å². The molecule has 2 aromatic heterocycles. The van der Waals surface area contributed by atoms with Gasteiger partial charge in [0.05, 0.1) is 18.5 Å². The molecule has 3 heterocycles. The highest BCUT2D eigenvalue weighted by molar-refractivity contribution is 7.19. The third-order valence-electron chi connectivity index (χ3n) is 6.03. The summed E-state index contributed by atoms with van der Waals surface area (Å²) in [6, 6.07) is 14.4. The highest BCUT2D eigenvalue weighted by atomic mass is 35.5. The number of methoxy groups -OCH3 is 1. The van der Waals surface area contributed by atoms with E-state index in [0.717, 1.165) is 11.1 Å². The predicted molar refractivity (Wildman–Crippen MR) is 141 cm³/mol. The highest BCUT2D eigenvalue weighted by Crippen LogP contribution is 2.27. The first-order chi connectivity index (χ1) is 17.4. The summed E-state index contributed by atoms with van der Waals surface area (Å²) in [6.07, 6.45) is 0. The normalized spacial score (nSPS) is 14.2. The van der Waals surface area contributed by atoms with E-state index in [4.69, 9.17) is 16.3 Å². The molecular formula is C25H25ClN6O3S. The van der Waals surface area contributed by atoms with Gasteiger partial charge in [0.25, 0.3) is 5.56 Å². The van der Waals surface area contributed by atoms with Gasteiger partial charge in [0, 0.05) is 49.4 Å². The van der Waals surface area contributed by atoms with Crippen molar-refractivity contribution in [3.8, 4) is 16.3 Å². The van der Waals surface area contributed by atoms with Crippen LogP contribution in [0, 0.1) is 6.92 Å². The van der Waals surface area contributed by atoms with Crippen LogP contribution in [0.25, 0.3) is 15.5 Å². The molecule has 5 rings (SSSR count). The Morgan fingerprint density at radius 2 is 1.86 bits per heavy atom. The van der Waals surface area contributed by atoms with Crippen LogP contribution in [0.3, 0.4) is 0 Å². The summed E-state index contributed by atoms with van der Waals surface area (Å²) in [5.41, 5.74) is 3.06. The minimum atomic E-state index is -0.212. The van der Waals surface area contributed by atoms with Crippen LogP contribution in [0.2, 0.25) is 5.02 Å². The summed E-state index contributed by atoms with van der Waals surface area (Å²) in [5, 5.41) is 8.73. The molecule has 36 heavy (non-hydrogen) atoms. The van der Waals surface area contributed by atoms with Gasteiger partial charge in [0.15, 0.2) is 0 Å². The van der Waals surface area contributed by atoms with Crippen molar-refractivity contribution in [2.75, 3.05) is 38.6 Å². The molecule has 186 valence electrons. The van der Waals surface area contributed by atoms with E-state index in [2.05, 4.69) is 20.3 Å². The number of piperazine rings is 1. The van der Waals surface area contributed by atoms with Gasteiger partial charge in [0.2, 0.25) is 4.96 Å². The summed E-state index contributed by atoms with van der Waals surface area (Å²) in [5.74, 6) is 0.627. The molecule has 1 aliphatic rings. The minimum absolute atomic E-state index is 0.157. The van der Waals surface area contributed by atoms with E-state index in [1.807, 2.05) is 37.3 Å². The number of ether oxygens (including phenoxy) is 1. The fourth-order valence-electron chi connectivity index (χ4n) is 4.10. The number of hydrogen-bond acceptors (Lipinski definition) is 7. The number of benzene rings is 2. The van der Waals surface area contributed by atoms with Gasteiger partial charge in [0.1, 0.15) is 10.8 Å². The van der Waals surface area contributed by atoms with Crippen molar-refractivity contribution < 1.29 is 9.53 Å². The molecule has 4 aromatic rings. The average molecular weight is 525 g/mol. The molecule has 1 N–H and O–H groups in total. The Morgan fingerprint density at radius 3 is 2.58 bits per heavy atom. The molecule has 0 spiro atoms. The fourth-order valence-corrected chi connectivity index (χ4v) is 5.15. The first-order valence-electron chi connectivity index (χ1n) is 11.5. The quantitative estimate of drug-likeness (QED) is 0.422. The number of aromatic nitrogens is 3. The zero-order chi connectivity index (χ0) is 25.2. The zero-order valence-corrected chi connectivity index (χ0v) is 21.5. The number of anilines is 1. The van der Waals surface area contributed by atoms with Crippen LogP contribution in [0.15, 0.2) is 53.3 Å². The summed E-state index contributed by atoms with van der Waals surface area (Å²) in [4.78, 5) is 34.7. The Morgan fingerprint density at radius 1 is 1.11 bits per heavy atom. The number of carbonyl (C=O) groups is 1. The summed E-state index contributed by atoms with van der Waals surface area (Å²) in [6.45, 7) is 5.00. The molecule has 0 bridgehead atoms. The monoisotopic (exact) mass is 524 g/mol. The fraction of sp³-hybridized carbons (Fsp3) is 0.280. The SMILES string of the molecule is COc1ccc(C)cc1NC(=O)N1CCN(Cc2cc(=O)n3nc(-c4ccc(Cl)cc4)sc3n2)CC1. The van der Waals surface area contributed by atoms with Gasteiger partial charge < -0.3 is 15.0 Å². The third kappa shape index (κ3) is 5.20. The van der Waals surface area contributed by atoms with Gasteiger partial charge in [-0.2, -0.15) is 9.61 Å². The van der Waals surface area contributed by atoms with E-state index >= 15 is 0 Å². The number of aryl methyl sites for hydroxylation is 1. The van der Waals surface area contributed by atoms with Crippen LogP contribution >= 0.6 is 22.9 Å². The van der Waals surface area contributed by atoms with Gasteiger partial charge >= 0.3 is 6.03 Å². The number of fused-ring (bicyclic) bond motifs is 1. The van der Waals surface area contributed by atoms with Crippen LogP contribution < -0.4 is 15.6 Å². The maximum Gasteiger partial charge on any atom is 0.322 e. The third-order valence-corrected chi connectivity index (χ3v) is 7.24. The summed E-state index contributed by atoms with van der Waals surface area (Å²) < 4.78 is 6.69. The number of hydrogen-bond donors (Lipinski definition) is 1. The lowest BCUT2D eigenvalue weighted by molar-refractivity contribution is 0.142. The second-order valence-corrected chi connectivity index (χ2v) is 9.98. The van der Waals surface area contributed by atoms with E-state index in [0.29, 0.717) is 64.8 Å². The van der Waals surface area contributed by atoms with Crippen molar-refractivity contribution in [1.82, 2.24) is 24.4 Å². The number of carbonyl (C=O) groups excluding carboxylic acids is 1. The molecule has 1 aliphatic heterocycles. The van der Waals surface area contributed by atoms with Gasteiger partial charge in [-0.05, 0) is 36.8 Å². The van der Waals surface area contributed by atoms with Crippen LogP contribution in [-0.2, 0) is 6.54 Å². The summed E-state index contributed by atoms with van der Waals surface area (Å²) >= 11 is 7.34. The predicted octanol–water partition coefficient (Wildman–Crippen LogP) is 4.14. The number of nitrogens with zero attached hydrogens (tertiary/aromatic N) is 5. The molecule has 0 radical (unpaired) electrons. The van der Waals surface area contributed by atoms with Gasteiger partial charge in [-0.25, -0.2) is 9.78 Å². The van der Waals surface area contributed by atoms with Gasteiger partial charge in [-0.3, -0.25) is 9.69 Å². The first-order valence-corrected chi connectivity index (χ1v) is 12.7. The zero-order valence-electron chi connectivity index (χ0n) is 19.9. The van der Waals surface area contributed by atoms with Crippen molar-refractivity contribution in [2.24, 2.45) is 0 Å². The van der Waals surface area contributed by atoms with Gasteiger partial charge in [-0.15, -0.1) is 0 Å². The maximum absolute atomic E-state index is 12.8. The van der Waals surface area contributed by atoms with Crippen molar-refractivity contribution >= 4 is 39.6 Å². The van der Waals surface area contributed by atoms with E-state index in [1.165, 1.54) is 21.9 Å². The number of halogens is 1. The largest absolute Gasteiger partial charge is 0.495 e. The van der Waals surface area contributed by atoms with Crippen LogP contribution in [-0.4, -0.2) is 63.7 Å². The number of rotatable bonds is 5. The Balaban J connectivity index is 1.23. The first kappa shape index (κ1) is 24.2. The maximum atomic E-state index is 12.8. The molecule has 1 fully saturated rings. The highest BCUT2D eigenvalue weighted by Gasteiger charge is 2.23. The Kier molecular flexibility index (Phi) is 6.90. The molecule has 1 saturated heterocycles. The number of nitrogens with one attached hydrogen (secondary N) is 1. The van der Waals surface area contributed by atoms with Crippen molar-refractivity contribution in [3.63, 3.8) is 0 Å². The van der Waals surface area contributed by atoms with Crippen molar-refractivity contribution in [2.45, 2.75) is 13.5 Å². The van der Waals surface area contributed by atoms with E-state index in [-0.39, 0.29) is 11.6 Å². The molecule has 0 aliphatic carbocycles. The van der Waals surface area contributed by atoms with Crippen LogP contribution in [0.1, 0.15) is 11.3 Å². The molecule has 2 amide bonds. The summed E-state index contributed by atoms with van der Waals surface area (Å²) in [7, 11) is 1.58. The van der Waals surface area contributed by atoms with E-state index < -0.39 is 0 Å². The molecule has 0 atom stereocenters. The molecule has 0 saturated carbocycles.